The van der Waals surface area contributed by atoms with Gasteiger partial charge < -0.3 is 4.74 Å². The molecule has 2 nitrogen and oxygen atoms in total. The van der Waals surface area contributed by atoms with Crippen LogP contribution in [0.5, 0.6) is 0 Å². The highest BCUT2D eigenvalue weighted by Crippen LogP contribution is 2.30. The maximum atomic E-state index is 11.2. The zero-order valence-corrected chi connectivity index (χ0v) is 6.01. The van der Waals surface area contributed by atoms with Gasteiger partial charge in [0.15, 0.2) is 0 Å². The quantitative estimate of drug-likeness (QED) is 0.511. The highest BCUT2D eigenvalue weighted by atomic mass is 16.6. The van der Waals surface area contributed by atoms with Crippen molar-refractivity contribution in [3.8, 4) is 0 Å². The Labute approximate surface area is 60.6 Å². The van der Waals surface area contributed by atoms with Crippen LogP contribution in [0.3, 0.4) is 0 Å². The summed E-state index contributed by atoms with van der Waals surface area (Å²) in [5.74, 6) is 0.711. The molecule has 1 aliphatic carbocycles. The van der Waals surface area contributed by atoms with E-state index in [1.165, 1.54) is 6.42 Å². The molecule has 0 aromatic heterocycles. The van der Waals surface area contributed by atoms with Crippen LogP contribution in [0.4, 0.5) is 0 Å². The number of hydrogen-bond acceptors (Lipinski definition) is 2. The van der Waals surface area contributed by atoms with E-state index >= 15 is 0 Å². The number of epoxide rings is 1. The lowest BCUT2D eigenvalue weighted by Gasteiger charge is -2.17. The number of carbonyl (C=O) groups excluding carboxylic acids is 1. The van der Waals surface area contributed by atoms with Crippen LogP contribution in [0.15, 0.2) is 0 Å². The molecule has 2 heteroatoms. The van der Waals surface area contributed by atoms with Gasteiger partial charge in [-0.2, -0.15) is 0 Å². The average Bonchev–Trinajstić information content (AvgIpc) is 2.71. The van der Waals surface area contributed by atoms with Crippen molar-refractivity contribution in [3.05, 3.63) is 0 Å². The zero-order valence-electron chi connectivity index (χ0n) is 6.01. The van der Waals surface area contributed by atoms with Gasteiger partial charge in [-0.3, -0.25) is 4.79 Å². The number of hydrogen-bond donors (Lipinski definition) is 0. The Morgan fingerprint density at radius 1 is 1.40 bits per heavy atom. The standard InChI is InChI=1S/C8H12O2/c9-7-4-2-1-3-6(7)8-5-10-8/h6,8H,1-5H2. The molecule has 1 saturated heterocycles. The summed E-state index contributed by atoms with van der Waals surface area (Å²) >= 11 is 0. The Balaban J connectivity index is 1.96. The maximum absolute atomic E-state index is 11.2. The van der Waals surface area contributed by atoms with E-state index in [1.807, 2.05) is 0 Å². The van der Waals surface area contributed by atoms with Crippen LogP contribution in [0.25, 0.3) is 0 Å². The normalized spacial score (nSPS) is 39.8. The predicted molar refractivity (Wildman–Crippen MR) is 36.7 cm³/mol. The third-order valence-electron chi connectivity index (χ3n) is 2.41. The molecule has 0 aromatic rings. The molecule has 1 saturated carbocycles. The molecule has 0 N–H and O–H groups in total. The lowest BCUT2D eigenvalue weighted by Crippen LogP contribution is -2.23. The third-order valence-corrected chi connectivity index (χ3v) is 2.41. The first-order valence-corrected chi connectivity index (χ1v) is 4.02. The second-order valence-electron chi connectivity index (χ2n) is 3.19. The Bertz CT molecular complexity index is 149. The summed E-state index contributed by atoms with van der Waals surface area (Å²) in [7, 11) is 0. The number of ketones is 1. The van der Waals surface area contributed by atoms with Gasteiger partial charge in [0.1, 0.15) is 5.78 Å². The first-order chi connectivity index (χ1) is 4.88. The van der Waals surface area contributed by atoms with Gasteiger partial charge >= 0.3 is 0 Å². The average molecular weight is 140 g/mol. The molecule has 2 unspecified atom stereocenters. The van der Waals surface area contributed by atoms with Crippen LogP contribution in [0.2, 0.25) is 0 Å². The lowest BCUT2D eigenvalue weighted by atomic mass is 9.86. The third kappa shape index (κ3) is 1.08. The summed E-state index contributed by atoms with van der Waals surface area (Å²) in [6.07, 6.45) is 4.50. The van der Waals surface area contributed by atoms with Crippen molar-refractivity contribution in [3.63, 3.8) is 0 Å². The van der Waals surface area contributed by atoms with Crippen molar-refractivity contribution < 1.29 is 9.53 Å². The van der Waals surface area contributed by atoms with Crippen LogP contribution in [-0.4, -0.2) is 18.5 Å². The molecule has 0 aromatic carbocycles. The lowest BCUT2D eigenvalue weighted by molar-refractivity contribution is -0.125. The SMILES string of the molecule is O=C1CCCCC1C1CO1. The maximum Gasteiger partial charge on any atom is 0.138 e. The van der Waals surface area contributed by atoms with Crippen molar-refractivity contribution >= 4 is 5.78 Å². The van der Waals surface area contributed by atoms with Crippen LogP contribution in [0, 0.1) is 5.92 Å². The van der Waals surface area contributed by atoms with E-state index in [4.69, 9.17) is 4.74 Å². The number of Topliss-reactive ketones (excluding diaryl/α,β-unsaturated/α-hetero) is 1. The molecule has 2 fully saturated rings. The second-order valence-corrected chi connectivity index (χ2v) is 3.19. The van der Waals surface area contributed by atoms with E-state index in [0.717, 1.165) is 25.9 Å². The van der Waals surface area contributed by atoms with Gasteiger partial charge in [0.05, 0.1) is 12.7 Å². The monoisotopic (exact) mass is 140 g/mol. The van der Waals surface area contributed by atoms with Crippen molar-refractivity contribution in [2.75, 3.05) is 6.61 Å². The van der Waals surface area contributed by atoms with Crippen molar-refractivity contribution in [1.29, 1.82) is 0 Å². The van der Waals surface area contributed by atoms with Gasteiger partial charge in [-0.05, 0) is 12.8 Å². The fraction of sp³-hybridized carbons (Fsp3) is 0.875. The molecule has 56 valence electrons. The van der Waals surface area contributed by atoms with E-state index in [1.54, 1.807) is 0 Å². The molecule has 0 spiro atoms. The fourth-order valence-corrected chi connectivity index (χ4v) is 1.69. The smallest absolute Gasteiger partial charge is 0.138 e. The first-order valence-electron chi connectivity index (χ1n) is 4.02. The first kappa shape index (κ1) is 6.35. The Morgan fingerprint density at radius 3 is 2.80 bits per heavy atom. The van der Waals surface area contributed by atoms with Gasteiger partial charge in [0.2, 0.25) is 0 Å². The van der Waals surface area contributed by atoms with Gasteiger partial charge in [-0.15, -0.1) is 0 Å². The van der Waals surface area contributed by atoms with Crippen LogP contribution in [-0.2, 0) is 9.53 Å². The summed E-state index contributed by atoms with van der Waals surface area (Å²) < 4.78 is 5.10. The summed E-state index contributed by atoms with van der Waals surface area (Å²) in [5, 5.41) is 0. The van der Waals surface area contributed by atoms with Crippen molar-refractivity contribution in [2.24, 2.45) is 5.92 Å². The zero-order chi connectivity index (χ0) is 6.97. The Hall–Kier alpha value is -0.370. The van der Waals surface area contributed by atoms with Crippen LogP contribution < -0.4 is 0 Å². The minimum atomic E-state index is 0.272. The van der Waals surface area contributed by atoms with Crippen molar-refractivity contribution in [2.45, 2.75) is 31.8 Å². The summed E-state index contributed by atoms with van der Waals surface area (Å²) in [6, 6.07) is 0. The van der Waals surface area contributed by atoms with Crippen LogP contribution in [0.1, 0.15) is 25.7 Å². The number of ether oxygens (including phenoxy) is 1. The second kappa shape index (κ2) is 2.35. The molecular formula is C8H12O2. The molecule has 1 heterocycles. The molecule has 0 bridgehead atoms. The van der Waals surface area contributed by atoms with Gasteiger partial charge in [-0.25, -0.2) is 0 Å². The molecule has 0 amide bonds. The minimum Gasteiger partial charge on any atom is -0.372 e. The van der Waals surface area contributed by atoms with E-state index in [9.17, 15) is 4.79 Å². The topological polar surface area (TPSA) is 29.6 Å². The van der Waals surface area contributed by atoms with Gasteiger partial charge in [0.25, 0.3) is 0 Å². The molecule has 2 aliphatic rings. The molecule has 2 atom stereocenters. The molecule has 0 radical (unpaired) electrons. The summed E-state index contributed by atoms with van der Waals surface area (Å²) in [6.45, 7) is 0.830. The highest BCUT2D eigenvalue weighted by Gasteiger charge is 2.38. The fourth-order valence-electron chi connectivity index (χ4n) is 1.69. The summed E-state index contributed by atoms with van der Waals surface area (Å²) in [4.78, 5) is 11.2. The number of carbonyl (C=O) groups is 1. The van der Waals surface area contributed by atoms with E-state index in [-0.39, 0.29) is 5.92 Å². The molecule has 1 aliphatic heterocycles. The Morgan fingerprint density at radius 2 is 2.20 bits per heavy atom. The van der Waals surface area contributed by atoms with Gasteiger partial charge in [-0.1, -0.05) is 6.42 Å². The van der Waals surface area contributed by atoms with Crippen molar-refractivity contribution in [1.82, 2.24) is 0 Å². The highest BCUT2D eigenvalue weighted by molar-refractivity contribution is 5.82. The molecule has 2 rings (SSSR count). The molecule has 10 heavy (non-hydrogen) atoms. The van der Waals surface area contributed by atoms with Crippen LogP contribution >= 0.6 is 0 Å². The minimum absolute atomic E-state index is 0.272. The largest absolute Gasteiger partial charge is 0.372 e. The molecular weight excluding hydrogens is 128 g/mol. The van der Waals surface area contributed by atoms with E-state index in [2.05, 4.69) is 0 Å². The predicted octanol–water partition coefficient (Wildman–Crippen LogP) is 1.14. The van der Waals surface area contributed by atoms with E-state index < -0.39 is 0 Å². The number of rotatable bonds is 1. The summed E-state index contributed by atoms with van der Waals surface area (Å²) in [5.41, 5.74) is 0. The van der Waals surface area contributed by atoms with E-state index in [0.29, 0.717) is 11.9 Å². The van der Waals surface area contributed by atoms with Gasteiger partial charge in [0, 0.05) is 12.3 Å². The Kier molecular flexibility index (Phi) is 1.49.